The molecule has 0 bridgehead atoms. The molecule has 20 heavy (non-hydrogen) atoms. The van der Waals surface area contributed by atoms with Gasteiger partial charge in [-0.05, 0) is 26.2 Å². The highest BCUT2D eigenvalue weighted by Crippen LogP contribution is 2.26. The van der Waals surface area contributed by atoms with Crippen LogP contribution in [-0.2, 0) is 4.79 Å². The Hall–Kier alpha value is -1.85. The largest absolute Gasteiger partial charge is 0.370 e. The molecule has 0 aliphatic carbocycles. The summed E-state index contributed by atoms with van der Waals surface area (Å²) in [5, 5.41) is 3.25. The molecule has 2 atom stereocenters. The fourth-order valence-corrected chi connectivity index (χ4v) is 2.51. The van der Waals surface area contributed by atoms with Crippen LogP contribution >= 0.6 is 0 Å². The van der Waals surface area contributed by atoms with E-state index in [0.29, 0.717) is 12.6 Å². The lowest BCUT2D eigenvalue weighted by atomic mass is 9.93. The number of carbonyl (C=O) groups is 1. The molecule has 110 valence electrons. The third kappa shape index (κ3) is 3.37. The van der Waals surface area contributed by atoms with Crippen molar-refractivity contribution >= 4 is 17.5 Å². The van der Waals surface area contributed by atoms with Crippen molar-refractivity contribution in [3.8, 4) is 0 Å². The van der Waals surface area contributed by atoms with Gasteiger partial charge in [-0.15, -0.1) is 0 Å². The first kappa shape index (κ1) is 14.6. The van der Waals surface area contributed by atoms with Crippen LogP contribution in [0.15, 0.2) is 12.4 Å². The first-order valence-electron chi connectivity index (χ1n) is 7.23. The monoisotopic (exact) mass is 277 g/mol. The van der Waals surface area contributed by atoms with Crippen LogP contribution in [0.4, 0.5) is 11.6 Å². The third-order valence-electron chi connectivity index (χ3n) is 3.79. The van der Waals surface area contributed by atoms with Crippen molar-refractivity contribution in [1.29, 1.82) is 0 Å². The molecule has 0 aromatic carbocycles. The Kier molecular flexibility index (Phi) is 4.76. The molecule has 1 aromatic heterocycles. The van der Waals surface area contributed by atoms with Crippen LogP contribution in [0.2, 0.25) is 0 Å². The van der Waals surface area contributed by atoms with Crippen LogP contribution in [0, 0.1) is 5.92 Å². The van der Waals surface area contributed by atoms with E-state index in [9.17, 15) is 4.79 Å². The van der Waals surface area contributed by atoms with Gasteiger partial charge in [0.05, 0.1) is 5.92 Å². The summed E-state index contributed by atoms with van der Waals surface area (Å²) < 4.78 is 0. The van der Waals surface area contributed by atoms with Gasteiger partial charge < -0.3 is 16.0 Å². The van der Waals surface area contributed by atoms with Crippen molar-refractivity contribution in [2.75, 3.05) is 23.3 Å². The molecule has 3 N–H and O–H groups in total. The summed E-state index contributed by atoms with van der Waals surface area (Å²) in [7, 11) is 0. The summed E-state index contributed by atoms with van der Waals surface area (Å²) in [4.78, 5) is 22.1. The van der Waals surface area contributed by atoms with Gasteiger partial charge in [0, 0.05) is 25.2 Å². The topological polar surface area (TPSA) is 84.1 Å². The van der Waals surface area contributed by atoms with E-state index in [0.717, 1.165) is 37.4 Å². The number of nitrogens with zero attached hydrogens (tertiary/aromatic N) is 3. The molecule has 1 aromatic rings. The lowest BCUT2D eigenvalue weighted by Crippen LogP contribution is -2.46. The summed E-state index contributed by atoms with van der Waals surface area (Å²) in [5.74, 6) is 1.37. The standard InChI is InChI=1S/C14H23N5O/c1-3-6-16-12-7-13(18-9-17-12)19-8-11(14(15)20)5-4-10(19)2/h7,9-11H,3-6,8H2,1-2H3,(H2,15,20)(H,16,17,18). The average Bonchev–Trinajstić information content (AvgIpc) is 2.45. The van der Waals surface area contributed by atoms with E-state index in [1.165, 1.54) is 0 Å². The van der Waals surface area contributed by atoms with Crippen LogP contribution in [0.5, 0.6) is 0 Å². The highest BCUT2D eigenvalue weighted by molar-refractivity contribution is 5.77. The zero-order valence-corrected chi connectivity index (χ0v) is 12.2. The van der Waals surface area contributed by atoms with Gasteiger partial charge in [-0.3, -0.25) is 4.79 Å². The van der Waals surface area contributed by atoms with E-state index in [4.69, 9.17) is 5.73 Å². The van der Waals surface area contributed by atoms with E-state index < -0.39 is 0 Å². The van der Waals surface area contributed by atoms with Gasteiger partial charge in [0.25, 0.3) is 0 Å². The number of aromatic nitrogens is 2. The highest BCUT2D eigenvalue weighted by Gasteiger charge is 2.29. The highest BCUT2D eigenvalue weighted by atomic mass is 16.1. The van der Waals surface area contributed by atoms with E-state index >= 15 is 0 Å². The first-order valence-corrected chi connectivity index (χ1v) is 7.23. The van der Waals surface area contributed by atoms with Gasteiger partial charge in [0.1, 0.15) is 18.0 Å². The summed E-state index contributed by atoms with van der Waals surface area (Å²) in [6.07, 6.45) is 4.42. The maximum Gasteiger partial charge on any atom is 0.222 e. The number of nitrogens with one attached hydrogen (secondary N) is 1. The second-order valence-corrected chi connectivity index (χ2v) is 5.37. The van der Waals surface area contributed by atoms with Crippen LogP contribution in [0.3, 0.4) is 0 Å². The number of carbonyl (C=O) groups excluding carboxylic acids is 1. The Labute approximate surface area is 119 Å². The van der Waals surface area contributed by atoms with Crippen molar-refractivity contribution in [1.82, 2.24) is 9.97 Å². The normalized spacial score (nSPS) is 22.6. The first-order chi connectivity index (χ1) is 9.61. The molecule has 2 heterocycles. The molecular formula is C14H23N5O. The van der Waals surface area contributed by atoms with Gasteiger partial charge in [0.15, 0.2) is 0 Å². The van der Waals surface area contributed by atoms with Crippen molar-refractivity contribution < 1.29 is 4.79 Å². The van der Waals surface area contributed by atoms with Crippen LogP contribution < -0.4 is 16.0 Å². The Morgan fingerprint density at radius 1 is 1.50 bits per heavy atom. The molecular weight excluding hydrogens is 254 g/mol. The Balaban J connectivity index is 2.13. The molecule has 1 amide bonds. The molecule has 2 unspecified atom stereocenters. The molecule has 1 aliphatic rings. The molecule has 1 aliphatic heterocycles. The van der Waals surface area contributed by atoms with Crippen LogP contribution in [0.25, 0.3) is 0 Å². The summed E-state index contributed by atoms with van der Waals surface area (Å²) in [6, 6.07) is 2.30. The Morgan fingerprint density at radius 2 is 2.30 bits per heavy atom. The minimum absolute atomic E-state index is 0.0896. The molecule has 2 rings (SSSR count). The van der Waals surface area contributed by atoms with E-state index in [-0.39, 0.29) is 11.8 Å². The smallest absolute Gasteiger partial charge is 0.222 e. The van der Waals surface area contributed by atoms with Crippen LogP contribution in [-0.4, -0.2) is 35.0 Å². The second-order valence-electron chi connectivity index (χ2n) is 5.37. The zero-order valence-electron chi connectivity index (χ0n) is 12.2. The predicted molar refractivity (Wildman–Crippen MR) is 79.5 cm³/mol. The summed E-state index contributed by atoms with van der Waals surface area (Å²) >= 11 is 0. The average molecular weight is 277 g/mol. The summed E-state index contributed by atoms with van der Waals surface area (Å²) in [5.41, 5.74) is 5.44. The minimum Gasteiger partial charge on any atom is -0.370 e. The number of piperidine rings is 1. The number of anilines is 2. The maximum absolute atomic E-state index is 11.4. The number of nitrogens with two attached hydrogens (primary N) is 1. The summed E-state index contributed by atoms with van der Waals surface area (Å²) in [6.45, 7) is 5.79. The van der Waals surface area contributed by atoms with Crippen molar-refractivity contribution in [2.24, 2.45) is 11.7 Å². The fraction of sp³-hybridized carbons (Fsp3) is 0.643. The number of rotatable bonds is 5. The molecule has 0 saturated carbocycles. The molecule has 0 radical (unpaired) electrons. The fourth-order valence-electron chi connectivity index (χ4n) is 2.51. The quantitative estimate of drug-likeness (QED) is 0.849. The van der Waals surface area contributed by atoms with Gasteiger partial charge in [-0.2, -0.15) is 0 Å². The van der Waals surface area contributed by atoms with E-state index in [1.54, 1.807) is 6.33 Å². The number of hydrogen-bond donors (Lipinski definition) is 2. The SMILES string of the molecule is CCCNc1cc(N2CC(C(N)=O)CCC2C)ncn1. The van der Waals surface area contributed by atoms with Gasteiger partial charge in [0.2, 0.25) is 5.91 Å². The molecule has 1 saturated heterocycles. The lowest BCUT2D eigenvalue weighted by Gasteiger charge is -2.37. The zero-order chi connectivity index (χ0) is 14.5. The van der Waals surface area contributed by atoms with E-state index in [1.807, 2.05) is 6.07 Å². The van der Waals surface area contributed by atoms with Gasteiger partial charge in [-0.25, -0.2) is 9.97 Å². The number of hydrogen-bond acceptors (Lipinski definition) is 5. The molecule has 6 nitrogen and oxygen atoms in total. The molecule has 6 heteroatoms. The second kappa shape index (κ2) is 6.54. The minimum atomic E-state index is -0.222. The number of primary amides is 1. The van der Waals surface area contributed by atoms with Crippen LogP contribution in [0.1, 0.15) is 33.1 Å². The Bertz CT molecular complexity index is 465. The lowest BCUT2D eigenvalue weighted by molar-refractivity contribution is -0.122. The van der Waals surface area contributed by atoms with E-state index in [2.05, 4.69) is 34.0 Å². The van der Waals surface area contributed by atoms with Crippen molar-refractivity contribution in [2.45, 2.75) is 39.2 Å². The van der Waals surface area contributed by atoms with Crippen molar-refractivity contribution in [3.63, 3.8) is 0 Å². The maximum atomic E-state index is 11.4. The van der Waals surface area contributed by atoms with Gasteiger partial charge >= 0.3 is 0 Å². The van der Waals surface area contributed by atoms with Gasteiger partial charge in [-0.1, -0.05) is 6.92 Å². The van der Waals surface area contributed by atoms with Crippen molar-refractivity contribution in [3.05, 3.63) is 12.4 Å². The molecule has 1 fully saturated rings. The number of amides is 1. The predicted octanol–water partition coefficient (Wildman–Crippen LogP) is 1.39. The molecule has 0 spiro atoms. The third-order valence-corrected chi connectivity index (χ3v) is 3.79. The Morgan fingerprint density at radius 3 is 3.00 bits per heavy atom.